The third-order valence-electron chi connectivity index (χ3n) is 20.7. The van der Waals surface area contributed by atoms with Gasteiger partial charge in [-0.05, 0) is 89.4 Å². The Kier molecular flexibility index (Phi) is 48.8. The van der Waals surface area contributed by atoms with Crippen molar-refractivity contribution in [2.45, 2.75) is 233 Å². The first-order chi connectivity index (χ1) is 66.4. The van der Waals surface area contributed by atoms with E-state index in [9.17, 15) is 82.8 Å². The van der Waals surface area contributed by atoms with Crippen LogP contribution < -0.4 is 130 Å². The number of guanidine groups is 5. The van der Waals surface area contributed by atoms with Gasteiger partial charge in [0.1, 0.15) is 78.5 Å². The second-order valence-corrected chi connectivity index (χ2v) is 32.6. The molecule has 0 unspecified atom stereocenters. The Morgan fingerprint density at radius 3 is 0.729 bits per heavy atom. The highest BCUT2D eigenvalue weighted by Crippen LogP contribution is 2.16. The van der Waals surface area contributed by atoms with Gasteiger partial charge in [-0.2, -0.15) is 0 Å². The van der Waals surface area contributed by atoms with E-state index in [1.807, 2.05) is 0 Å². The standard InChI is InChI=1S/C80H127N39O21/c1-39(2)22-52(113-68(132)51(14-16-60(122)123)112-71(135)54(24-41-30-93-35-103-41)115-66(130)49(12-7-21-101-80(90)91)111-74(138)57(28-61(124)125)118-67(131)50(13-15-59(120)121)107-62(126)45(81)8-3-17-97-76(82)83)69(133)109-48(11-6-20-100-79(88)89)65(129)114-53(23-40-29-92-34-102-40)70(134)110-46(9-4-18-98-77(84)85)63(127)108-47(10-5-19-99-78(86)87)64(128)116-55(25-42-31-94-36-104-42)72(136)117-56(26-43-32-95-37-105-43)73(137)119-58(75(139)140)27-44-33-96-38-106-44/h29-39,45-58H,3-28,81H2,1-2H3,(H,92,102)(H,93,103)(H,94,104)(H,95,105)(H,96,106)(H,107,126)(H,108,127)(H,109,133)(H,110,134)(H,111,138)(H,112,135)(H,113,132)(H,114,129)(H,115,130)(H,116,128)(H,117,136)(H,118,131)(H,119,137)(H,120,121)(H,122,123)(H,124,125)(H,139,140)(H4,82,83,97)(H4,84,85,98)(H4,86,87,99)(H4,88,89,100)(H4,90,91,101)/t45-,46-,47-,48-,49-,50-,51-,52-,53-,54-,55-,56-,57-,58-/m0/s1. The van der Waals surface area contributed by atoms with Gasteiger partial charge in [0, 0.05) is 109 Å². The Morgan fingerprint density at radius 1 is 0.286 bits per heavy atom. The van der Waals surface area contributed by atoms with E-state index in [0.29, 0.717) is 0 Å². The second kappa shape index (κ2) is 60.0. The van der Waals surface area contributed by atoms with Gasteiger partial charge in [-0.3, -0.25) is 104 Å². The minimum atomic E-state index is -2.09. The van der Waals surface area contributed by atoms with E-state index in [4.69, 9.17) is 61.4 Å². The topological polar surface area (TPSA) is 1010 Å². The number of aromatic nitrogens is 10. The van der Waals surface area contributed by atoms with Crippen molar-refractivity contribution in [3.8, 4) is 0 Å². The normalized spacial score (nSPS) is 14.0. The number of imidazole rings is 5. The van der Waals surface area contributed by atoms with Crippen molar-refractivity contribution in [2.24, 2.45) is 40.3 Å². The summed E-state index contributed by atoms with van der Waals surface area (Å²) in [6.45, 7) is 2.99. The van der Waals surface area contributed by atoms with Crippen LogP contribution in [0.3, 0.4) is 0 Å². The molecule has 0 spiro atoms. The van der Waals surface area contributed by atoms with Gasteiger partial charge in [0.05, 0.1) is 72.6 Å². The lowest BCUT2D eigenvalue weighted by Crippen LogP contribution is -2.61. The summed E-state index contributed by atoms with van der Waals surface area (Å²) in [6, 6.07) is -23.9. The molecule has 14 atom stereocenters. The molecule has 44 N–H and O–H groups in total. The molecule has 0 saturated carbocycles. The molecule has 768 valence electrons. The molecule has 5 rings (SSSR count). The lowest BCUT2D eigenvalue weighted by molar-refractivity contribution is -0.142. The average molecular weight is 1970 g/mol. The van der Waals surface area contributed by atoms with Gasteiger partial charge in [0.25, 0.3) is 0 Å². The van der Waals surface area contributed by atoms with Crippen molar-refractivity contribution < 1.29 is 102 Å². The second-order valence-electron chi connectivity index (χ2n) is 32.6. The Morgan fingerprint density at radius 2 is 0.493 bits per heavy atom. The van der Waals surface area contributed by atoms with Crippen molar-refractivity contribution in [3.63, 3.8) is 0 Å². The first-order valence-electron chi connectivity index (χ1n) is 44.3. The fourth-order valence-corrected chi connectivity index (χ4v) is 13.7. The zero-order valence-electron chi connectivity index (χ0n) is 76.7. The predicted molar refractivity (Wildman–Crippen MR) is 493 cm³/mol. The van der Waals surface area contributed by atoms with Gasteiger partial charge in [-0.15, -0.1) is 0 Å². The first kappa shape index (κ1) is 114. The number of nitrogens with two attached hydrogens (primary N) is 6. The van der Waals surface area contributed by atoms with E-state index in [-0.39, 0.29) is 151 Å². The minimum absolute atomic E-state index is 0.0207. The van der Waals surface area contributed by atoms with Crippen LogP contribution in [0.1, 0.15) is 145 Å². The number of aromatic amines is 5. The van der Waals surface area contributed by atoms with E-state index < -0.39 is 266 Å². The van der Waals surface area contributed by atoms with Gasteiger partial charge >= 0.3 is 23.9 Å². The number of H-pyrrole nitrogens is 5. The van der Waals surface area contributed by atoms with Gasteiger partial charge < -0.3 is 175 Å². The minimum Gasteiger partial charge on any atom is -0.481 e. The summed E-state index contributed by atoms with van der Waals surface area (Å²) in [7, 11) is 0. The van der Waals surface area contributed by atoms with Crippen molar-refractivity contribution in [1.29, 1.82) is 27.0 Å². The highest BCUT2D eigenvalue weighted by atomic mass is 16.4. The molecule has 0 fully saturated rings. The molecule has 60 nitrogen and oxygen atoms in total. The number of carboxylic acids is 4. The molecule has 5 aromatic heterocycles. The van der Waals surface area contributed by atoms with Crippen LogP contribution >= 0.6 is 0 Å². The first-order valence-corrected chi connectivity index (χ1v) is 44.3. The fourth-order valence-electron chi connectivity index (χ4n) is 13.7. The highest BCUT2D eigenvalue weighted by molar-refractivity contribution is 6.01. The third kappa shape index (κ3) is 44.2. The maximum atomic E-state index is 15.2. The Bertz CT molecular complexity index is 4940. The van der Waals surface area contributed by atoms with Crippen LogP contribution in [0.2, 0.25) is 0 Å². The molecule has 0 aliphatic heterocycles. The van der Waals surface area contributed by atoms with Crippen molar-refractivity contribution in [1.82, 2.24) is 146 Å². The van der Waals surface area contributed by atoms with Crippen molar-refractivity contribution in [3.05, 3.63) is 91.1 Å². The largest absolute Gasteiger partial charge is 0.481 e. The van der Waals surface area contributed by atoms with E-state index in [1.54, 1.807) is 13.8 Å². The molecule has 140 heavy (non-hydrogen) atoms. The number of nitrogens with zero attached hydrogens (tertiary/aromatic N) is 5. The molecule has 0 aromatic carbocycles. The number of hydrogen-bond acceptors (Lipinski definition) is 28. The van der Waals surface area contributed by atoms with Crippen molar-refractivity contribution >= 4 is 130 Å². The van der Waals surface area contributed by atoms with E-state index in [1.165, 1.54) is 62.6 Å². The number of carbonyl (C=O) groups excluding carboxylic acids is 13. The van der Waals surface area contributed by atoms with Crippen molar-refractivity contribution in [2.75, 3.05) is 32.7 Å². The number of amides is 13. The molecule has 0 aliphatic carbocycles. The maximum Gasteiger partial charge on any atom is 0.326 e. The molecule has 0 aliphatic rings. The highest BCUT2D eigenvalue weighted by Gasteiger charge is 2.40. The molecule has 5 aromatic rings. The smallest absolute Gasteiger partial charge is 0.326 e. The van der Waals surface area contributed by atoms with Crippen LogP contribution in [-0.4, -0.2) is 318 Å². The number of rotatable bonds is 67. The van der Waals surface area contributed by atoms with Gasteiger partial charge in [0.2, 0.25) is 76.8 Å². The number of aliphatic carboxylic acids is 4. The van der Waals surface area contributed by atoms with Gasteiger partial charge in [-0.25, -0.2) is 29.7 Å². The summed E-state index contributed by atoms with van der Waals surface area (Å²) in [5.74, 6) is -23.5. The van der Waals surface area contributed by atoms with E-state index >= 15 is 19.2 Å². The third-order valence-corrected chi connectivity index (χ3v) is 20.7. The maximum absolute atomic E-state index is 15.2. The predicted octanol–water partition coefficient (Wildman–Crippen LogP) is -10.9. The molecular formula is C80H127N39O21. The summed E-state index contributed by atoms with van der Waals surface area (Å²) in [5.41, 5.74) is 34.6. The Labute approximate surface area is 799 Å². The molecule has 0 radical (unpaired) electrons. The lowest BCUT2D eigenvalue weighted by atomic mass is 10.0. The van der Waals surface area contributed by atoms with E-state index in [2.05, 4.69) is 146 Å². The van der Waals surface area contributed by atoms with Crippen LogP contribution in [0.5, 0.6) is 0 Å². The van der Waals surface area contributed by atoms with Crippen LogP contribution in [0.15, 0.2) is 62.6 Å². The van der Waals surface area contributed by atoms with E-state index in [0.717, 1.165) is 0 Å². The Balaban J connectivity index is 1.47. The molecule has 0 bridgehead atoms. The lowest BCUT2D eigenvalue weighted by Gasteiger charge is -2.29. The average Bonchev–Trinajstić information content (AvgIpc) is 0.980. The van der Waals surface area contributed by atoms with Crippen LogP contribution in [-0.2, 0) is 114 Å². The number of carboxylic acid groups (broad SMARTS) is 4. The zero-order chi connectivity index (χ0) is 104. The summed E-state index contributed by atoms with van der Waals surface area (Å²) in [5, 5.41) is 123. The molecule has 0 saturated heterocycles. The fraction of sp³-hybridized carbons (Fsp3) is 0.537. The number of carbonyl (C=O) groups is 17. The summed E-state index contributed by atoms with van der Waals surface area (Å²) < 4.78 is 0. The molecule has 5 heterocycles. The summed E-state index contributed by atoms with van der Waals surface area (Å²) in [6.07, 6.45) is 5.45. The van der Waals surface area contributed by atoms with Crippen LogP contribution in [0.4, 0.5) is 0 Å². The molecule has 60 heteroatoms. The number of hydrogen-bond donors (Lipinski definition) is 38. The zero-order valence-corrected chi connectivity index (χ0v) is 76.7. The Hall–Kier alpha value is -16.6. The summed E-state index contributed by atoms with van der Waals surface area (Å²) in [4.78, 5) is 274. The van der Waals surface area contributed by atoms with Gasteiger partial charge in [-0.1, -0.05) is 13.8 Å². The molecule has 13 amide bonds. The SMILES string of the molecule is CC(C)C[C@H](NC(=O)[C@H](CCC(=O)O)NC(=O)[C@H](Cc1c[nH]cn1)NC(=O)[C@H](CCCNC(=N)N)NC(=O)[C@H](CC(=O)O)NC(=O)[C@H](CCC(=O)O)NC(=O)[C@@H](N)CCCNC(=N)N)C(=O)N[C@@H](CCCNC(=N)N)C(=O)N[C@@H](Cc1c[nH]cn1)C(=O)N[C@@H](CCCNC(=N)N)C(=O)N[C@@H](CCCNC(=N)N)C(=O)N[C@@H](Cc1c[nH]cn1)C(=O)N[C@@H](Cc1c[nH]cn1)C(=O)N[C@@H](Cc1c[nH]cn1)C(=O)O. The number of nitrogens with one attached hydrogen (secondary N) is 28. The molecular weight excluding hydrogens is 1840 g/mol. The van der Waals surface area contributed by atoms with Gasteiger partial charge in [0.15, 0.2) is 29.8 Å². The van der Waals surface area contributed by atoms with Crippen LogP contribution in [0.25, 0.3) is 0 Å². The quantitative estimate of drug-likeness (QED) is 0.00976. The summed E-state index contributed by atoms with van der Waals surface area (Å²) >= 11 is 0. The monoisotopic (exact) mass is 1970 g/mol. The van der Waals surface area contributed by atoms with Crippen LogP contribution in [0, 0.1) is 33.0 Å².